The van der Waals surface area contributed by atoms with Crippen LogP contribution < -0.4 is 0 Å². The Labute approximate surface area is 304 Å². The second kappa shape index (κ2) is 40.9. The van der Waals surface area contributed by atoms with Gasteiger partial charge in [-0.05, 0) is 77.0 Å². The van der Waals surface area contributed by atoms with E-state index in [9.17, 15) is 9.59 Å². The summed E-state index contributed by atoms with van der Waals surface area (Å²) in [6, 6.07) is 0. The third kappa shape index (κ3) is 39.9. The molecule has 0 spiro atoms. The van der Waals surface area contributed by atoms with E-state index >= 15 is 0 Å². The van der Waals surface area contributed by atoms with Crippen LogP contribution in [-0.2, 0) is 19.4 Å². The van der Waals surface area contributed by atoms with Crippen LogP contribution in [-0.4, -0.2) is 71.1 Å². The summed E-state index contributed by atoms with van der Waals surface area (Å²) in [6.07, 6.45) is 43.8. The van der Waals surface area contributed by atoms with Gasteiger partial charge in [-0.1, -0.05) is 127 Å². The molecule has 42 heavy (non-hydrogen) atoms. The van der Waals surface area contributed by atoms with Crippen molar-refractivity contribution in [3.63, 3.8) is 0 Å². The molecule has 0 N–H and O–H groups in total. The predicted octanol–water partition coefficient (Wildman–Crippen LogP) is 10.3. The average Bonchev–Trinajstić information content (AvgIpc) is 2.96. The van der Waals surface area contributed by atoms with Crippen molar-refractivity contribution in [1.29, 1.82) is 0 Å². The second-order valence-electron chi connectivity index (χ2n) is 10.9. The Balaban J connectivity index is -0.00000760. The van der Waals surface area contributed by atoms with E-state index < -0.39 is 11.9 Å². The normalized spacial score (nSPS) is 11.4. The fraction of sp³-hybridized carbons (Fsp3) is 0.722. The van der Waals surface area contributed by atoms with Gasteiger partial charge in [0.1, 0.15) is 0 Å². The molecule has 0 fully saturated rings. The van der Waals surface area contributed by atoms with Gasteiger partial charge in [0.25, 0.3) is 0 Å². The van der Waals surface area contributed by atoms with E-state index in [1.165, 1.54) is 77.0 Å². The van der Waals surface area contributed by atoms with Crippen LogP contribution in [0.15, 0.2) is 48.6 Å². The quantitative estimate of drug-likeness (QED) is 0.0292. The molecule has 0 aromatic rings. The fourth-order valence-electron chi connectivity index (χ4n) is 4.34. The van der Waals surface area contributed by atoms with Crippen LogP contribution in [0.2, 0.25) is 0 Å². The molecule has 6 heteroatoms. The Morgan fingerprint density at radius 2 is 0.690 bits per heavy atom. The maximum absolute atomic E-state index is 11.8. The van der Waals surface area contributed by atoms with E-state index in [4.69, 9.17) is 0 Å². The zero-order valence-electron chi connectivity index (χ0n) is 26.2. The summed E-state index contributed by atoms with van der Waals surface area (Å²) in [6.45, 7) is 4.47. The summed E-state index contributed by atoms with van der Waals surface area (Å²) in [5, 5.41) is 0. The summed E-state index contributed by atoms with van der Waals surface area (Å²) in [5.74, 6) is -0.891. The molecular formula is C36H64Na2O4. The number of rotatable bonds is 28. The van der Waals surface area contributed by atoms with E-state index in [2.05, 4.69) is 72.2 Å². The molecule has 0 radical (unpaired) electrons. The van der Waals surface area contributed by atoms with Gasteiger partial charge in [0, 0.05) is 0 Å². The first-order valence-electron chi connectivity index (χ1n) is 16.7. The van der Waals surface area contributed by atoms with Crippen molar-refractivity contribution < 1.29 is 19.4 Å². The Morgan fingerprint density at radius 3 is 1.02 bits per heavy atom. The van der Waals surface area contributed by atoms with E-state index in [1.807, 2.05) is 0 Å². The van der Waals surface area contributed by atoms with Crippen LogP contribution in [0, 0.1) is 0 Å². The van der Waals surface area contributed by atoms with Crippen molar-refractivity contribution >= 4 is 71.1 Å². The van der Waals surface area contributed by atoms with Crippen molar-refractivity contribution in [2.45, 2.75) is 168 Å². The molecule has 0 rings (SSSR count). The molecule has 0 aromatic carbocycles. The number of unbranched alkanes of at least 4 members (excludes halogenated alkanes) is 16. The topological polar surface area (TPSA) is 52.6 Å². The molecule has 0 saturated heterocycles. The van der Waals surface area contributed by atoms with Crippen molar-refractivity contribution in [3.8, 4) is 0 Å². The second-order valence-corrected chi connectivity index (χ2v) is 10.9. The van der Waals surface area contributed by atoms with Crippen LogP contribution in [0.3, 0.4) is 0 Å². The van der Waals surface area contributed by atoms with E-state index in [1.54, 1.807) is 0 Å². The van der Waals surface area contributed by atoms with Crippen LogP contribution in [0.4, 0.5) is 0 Å². The minimum atomic E-state index is -0.445. The number of hydrogen-bond donors (Lipinski definition) is 0. The SMILES string of the molecule is CCCCC/C=C\C/C=C\CCCCCCCC(=O)OOC(=O)CCCCCCC/C=C\C/C=C\CCCCC.[NaH].[NaH]. The summed E-state index contributed by atoms with van der Waals surface area (Å²) in [5.41, 5.74) is 0. The van der Waals surface area contributed by atoms with Gasteiger partial charge >= 0.3 is 71.1 Å². The van der Waals surface area contributed by atoms with Crippen molar-refractivity contribution in [1.82, 2.24) is 0 Å². The first kappa shape index (κ1) is 46.3. The predicted molar refractivity (Wildman–Crippen MR) is 185 cm³/mol. The molecule has 0 unspecified atom stereocenters. The summed E-state index contributed by atoms with van der Waals surface area (Å²) < 4.78 is 0. The summed E-state index contributed by atoms with van der Waals surface area (Å²) >= 11 is 0. The van der Waals surface area contributed by atoms with Gasteiger partial charge < -0.3 is 0 Å². The molecule has 0 aliphatic heterocycles. The first-order chi connectivity index (χ1) is 19.7. The zero-order valence-corrected chi connectivity index (χ0v) is 26.2. The van der Waals surface area contributed by atoms with E-state index in [0.29, 0.717) is 12.8 Å². The number of allylic oxidation sites excluding steroid dienone is 8. The molecule has 0 bridgehead atoms. The molecule has 0 aromatic heterocycles. The van der Waals surface area contributed by atoms with Gasteiger partial charge in [0.15, 0.2) is 0 Å². The first-order valence-corrected chi connectivity index (χ1v) is 16.7. The third-order valence-corrected chi connectivity index (χ3v) is 6.89. The molecule has 0 aliphatic rings. The Hall–Kier alpha value is -0.1000. The summed E-state index contributed by atoms with van der Waals surface area (Å²) in [4.78, 5) is 32.9. The Kier molecular flexibility index (Phi) is 45.1. The minimum absolute atomic E-state index is 0. The average molecular weight is 607 g/mol. The van der Waals surface area contributed by atoms with Crippen LogP contribution in [0.25, 0.3) is 0 Å². The zero-order chi connectivity index (χ0) is 29.2. The molecule has 0 aliphatic carbocycles. The molecular weight excluding hydrogens is 542 g/mol. The summed E-state index contributed by atoms with van der Waals surface area (Å²) in [7, 11) is 0. The molecule has 0 atom stereocenters. The molecule has 0 heterocycles. The van der Waals surface area contributed by atoms with Crippen molar-refractivity contribution in [2.75, 3.05) is 0 Å². The van der Waals surface area contributed by atoms with Gasteiger partial charge in [-0.2, -0.15) is 0 Å². The standard InChI is InChI=1S/C36H62O4.2Na.2H/c1-3-5-7-9-11-13-15-17-19-21-23-25-27-29-31-33-35(37)39-40-36(38)34-32-30-28-26-24-22-20-18-16-14-12-10-8-6-4-2;;;;/h11-14,17-20H,3-10,15-16,21-34H2,1-2H3;;;;/b13-11-,14-12-,19-17-,20-18-;;;;. The fourth-order valence-corrected chi connectivity index (χ4v) is 4.34. The number of hydrogen-bond acceptors (Lipinski definition) is 4. The van der Waals surface area contributed by atoms with E-state index in [0.717, 1.165) is 64.2 Å². The number of carbonyl (C=O) groups is 2. The van der Waals surface area contributed by atoms with Crippen molar-refractivity contribution in [2.24, 2.45) is 0 Å². The Bertz CT molecular complexity index is 628. The van der Waals surface area contributed by atoms with Gasteiger partial charge in [0.05, 0.1) is 12.8 Å². The van der Waals surface area contributed by atoms with Crippen LogP contribution >= 0.6 is 0 Å². The number of carbonyl (C=O) groups excluding carboxylic acids is 2. The van der Waals surface area contributed by atoms with E-state index in [-0.39, 0.29) is 59.1 Å². The Morgan fingerprint density at radius 1 is 0.405 bits per heavy atom. The molecule has 0 amide bonds. The van der Waals surface area contributed by atoms with Gasteiger partial charge in [-0.25, -0.2) is 19.4 Å². The monoisotopic (exact) mass is 606 g/mol. The van der Waals surface area contributed by atoms with Crippen LogP contribution in [0.5, 0.6) is 0 Å². The molecule has 4 nitrogen and oxygen atoms in total. The van der Waals surface area contributed by atoms with Crippen LogP contribution in [0.1, 0.15) is 168 Å². The van der Waals surface area contributed by atoms with Crippen molar-refractivity contribution in [3.05, 3.63) is 48.6 Å². The molecule has 234 valence electrons. The van der Waals surface area contributed by atoms with Gasteiger partial charge in [-0.15, -0.1) is 0 Å². The third-order valence-electron chi connectivity index (χ3n) is 6.89. The van der Waals surface area contributed by atoms with Gasteiger partial charge in [0.2, 0.25) is 0 Å². The maximum atomic E-state index is 11.8. The molecule has 0 saturated carbocycles. The van der Waals surface area contributed by atoms with Gasteiger partial charge in [-0.3, -0.25) is 0 Å².